The second-order valence-corrected chi connectivity index (χ2v) is 5.70. The maximum absolute atomic E-state index is 12.0. The Kier molecular flexibility index (Phi) is 4.46. The molecule has 0 bridgehead atoms. The molecule has 1 heterocycles. The van der Waals surface area contributed by atoms with Crippen molar-refractivity contribution in [1.82, 2.24) is 5.32 Å². The summed E-state index contributed by atoms with van der Waals surface area (Å²) in [5.41, 5.74) is -0.463. The first-order valence-corrected chi connectivity index (χ1v) is 6.64. The third-order valence-electron chi connectivity index (χ3n) is 2.74. The number of ether oxygens (including phenoxy) is 1. The van der Waals surface area contributed by atoms with Crippen LogP contribution in [0.15, 0.2) is 0 Å². The first-order chi connectivity index (χ1) is 7.03. The molecule has 4 heteroatoms. The van der Waals surface area contributed by atoms with E-state index in [0.29, 0.717) is 17.9 Å². The van der Waals surface area contributed by atoms with Gasteiger partial charge in [-0.2, -0.15) is 11.8 Å². The van der Waals surface area contributed by atoms with Gasteiger partial charge in [0.15, 0.2) is 0 Å². The minimum absolute atomic E-state index is 0.0869. The summed E-state index contributed by atoms with van der Waals surface area (Å²) in [6.07, 6.45) is 0.871. The lowest BCUT2D eigenvalue weighted by atomic mass is 9.92. The fourth-order valence-corrected chi connectivity index (χ4v) is 3.39. The monoisotopic (exact) mass is 231 g/mol. The van der Waals surface area contributed by atoms with Crippen molar-refractivity contribution in [1.29, 1.82) is 0 Å². The molecule has 0 aromatic rings. The van der Waals surface area contributed by atoms with Gasteiger partial charge in [-0.25, -0.2) is 0 Å². The second kappa shape index (κ2) is 5.21. The highest BCUT2D eigenvalue weighted by atomic mass is 32.2. The molecule has 0 aromatic carbocycles. The lowest BCUT2D eigenvalue weighted by molar-refractivity contribution is -0.151. The summed E-state index contributed by atoms with van der Waals surface area (Å²) in [6, 6.07) is 0.301. The predicted octanol–water partition coefficient (Wildman–Crippen LogP) is 1.81. The van der Waals surface area contributed by atoms with E-state index in [1.807, 2.05) is 18.7 Å². The highest BCUT2D eigenvalue weighted by Crippen LogP contribution is 2.37. The normalized spacial score (nSPS) is 30.9. The van der Waals surface area contributed by atoms with Crippen molar-refractivity contribution in [2.75, 3.05) is 12.4 Å². The maximum Gasteiger partial charge on any atom is 0.327 e. The second-order valence-electron chi connectivity index (χ2n) is 4.25. The Hall–Kier alpha value is -0.220. The van der Waals surface area contributed by atoms with Crippen LogP contribution in [0.5, 0.6) is 0 Å². The molecule has 0 saturated carbocycles. The van der Waals surface area contributed by atoms with E-state index in [2.05, 4.69) is 26.1 Å². The van der Waals surface area contributed by atoms with Crippen LogP contribution >= 0.6 is 11.8 Å². The van der Waals surface area contributed by atoms with Crippen LogP contribution < -0.4 is 5.32 Å². The van der Waals surface area contributed by atoms with Crippen LogP contribution in [-0.4, -0.2) is 35.2 Å². The van der Waals surface area contributed by atoms with Crippen LogP contribution in [0.2, 0.25) is 0 Å². The van der Waals surface area contributed by atoms with Gasteiger partial charge in [0.1, 0.15) is 5.54 Å². The smallest absolute Gasteiger partial charge is 0.327 e. The Morgan fingerprint density at radius 3 is 2.73 bits per heavy atom. The molecule has 1 fully saturated rings. The number of thioether (sulfide) groups is 1. The topological polar surface area (TPSA) is 38.3 Å². The quantitative estimate of drug-likeness (QED) is 0.749. The first-order valence-electron chi connectivity index (χ1n) is 5.59. The zero-order valence-electron chi connectivity index (χ0n) is 10.0. The van der Waals surface area contributed by atoms with Gasteiger partial charge in [-0.05, 0) is 32.9 Å². The number of carbonyl (C=O) groups is 1. The van der Waals surface area contributed by atoms with E-state index in [4.69, 9.17) is 4.74 Å². The molecule has 1 N–H and O–H groups in total. The number of carbonyl (C=O) groups excluding carboxylic acids is 1. The molecule has 2 unspecified atom stereocenters. The number of hydrogen-bond acceptors (Lipinski definition) is 4. The average Bonchev–Trinajstić information content (AvgIpc) is 2.48. The Morgan fingerprint density at radius 1 is 1.67 bits per heavy atom. The van der Waals surface area contributed by atoms with E-state index in [0.717, 1.165) is 12.2 Å². The van der Waals surface area contributed by atoms with Gasteiger partial charge in [0.25, 0.3) is 0 Å². The maximum atomic E-state index is 12.0. The van der Waals surface area contributed by atoms with Gasteiger partial charge in [-0.1, -0.05) is 6.92 Å². The summed E-state index contributed by atoms with van der Waals surface area (Å²) < 4.78 is 5.19. The molecule has 3 nitrogen and oxygen atoms in total. The average molecular weight is 231 g/mol. The fraction of sp³-hybridized carbons (Fsp3) is 0.909. The van der Waals surface area contributed by atoms with Gasteiger partial charge >= 0.3 is 5.97 Å². The Morgan fingerprint density at radius 2 is 2.33 bits per heavy atom. The Labute approximate surface area is 96.3 Å². The highest BCUT2D eigenvalue weighted by Gasteiger charge is 2.48. The van der Waals surface area contributed by atoms with Crippen molar-refractivity contribution < 1.29 is 9.53 Å². The molecule has 0 spiro atoms. The molecule has 0 aliphatic carbocycles. The van der Waals surface area contributed by atoms with Crippen molar-refractivity contribution in [2.24, 2.45) is 0 Å². The summed E-state index contributed by atoms with van der Waals surface area (Å²) in [5.74, 6) is 0.941. The molecule has 1 aliphatic rings. The zero-order chi connectivity index (χ0) is 11.5. The van der Waals surface area contributed by atoms with E-state index in [1.54, 1.807) is 0 Å². The summed E-state index contributed by atoms with van der Waals surface area (Å²) in [4.78, 5) is 12.0. The number of rotatable bonds is 4. The SMILES string of the molecule is CCOC(=O)C1(NC(C)C)CCSC1C. The number of hydrogen-bond donors (Lipinski definition) is 1. The van der Waals surface area contributed by atoms with E-state index < -0.39 is 5.54 Å². The largest absolute Gasteiger partial charge is 0.465 e. The first kappa shape index (κ1) is 12.8. The van der Waals surface area contributed by atoms with Gasteiger partial charge < -0.3 is 4.74 Å². The molecular weight excluding hydrogens is 210 g/mol. The van der Waals surface area contributed by atoms with Gasteiger partial charge in [0, 0.05) is 11.3 Å². The van der Waals surface area contributed by atoms with Crippen molar-refractivity contribution in [3.05, 3.63) is 0 Å². The highest BCUT2D eigenvalue weighted by molar-refractivity contribution is 8.00. The number of nitrogens with one attached hydrogen (secondary N) is 1. The summed E-state index contributed by atoms with van der Waals surface area (Å²) in [7, 11) is 0. The molecule has 0 radical (unpaired) electrons. The van der Waals surface area contributed by atoms with Crippen molar-refractivity contribution in [3.8, 4) is 0 Å². The molecular formula is C11H21NO2S. The van der Waals surface area contributed by atoms with Crippen LogP contribution in [0.4, 0.5) is 0 Å². The lowest BCUT2D eigenvalue weighted by Gasteiger charge is -2.33. The summed E-state index contributed by atoms with van der Waals surface area (Å²) >= 11 is 1.84. The summed E-state index contributed by atoms with van der Waals surface area (Å²) in [6.45, 7) is 8.54. The van der Waals surface area contributed by atoms with E-state index >= 15 is 0 Å². The zero-order valence-corrected chi connectivity index (χ0v) is 10.8. The standard InChI is InChI=1S/C11H21NO2S/c1-5-14-10(13)11(12-8(2)3)6-7-15-9(11)4/h8-9,12H,5-7H2,1-4H3. The lowest BCUT2D eigenvalue weighted by Crippen LogP contribution is -2.59. The van der Waals surface area contributed by atoms with E-state index in [9.17, 15) is 4.79 Å². The van der Waals surface area contributed by atoms with Gasteiger partial charge in [-0.3, -0.25) is 10.1 Å². The third-order valence-corrected chi connectivity index (χ3v) is 4.09. The van der Waals surface area contributed by atoms with Crippen LogP contribution in [0.25, 0.3) is 0 Å². The Balaban J connectivity index is 2.80. The van der Waals surface area contributed by atoms with Crippen molar-refractivity contribution in [2.45, 2.75) is 50.9 Å². The predicted molar refractivity (Wildman–Crippen MR) is 64.2 cm³/mol. The third kappa shape index (κ3) is 2.67. The molecule has 1 rings (SSSR count). The van der Waals surface area contributed by atoms with Crippen molar-refractivity contribution >= 4 is 17.7 Å². The van der Waals surface area contributed by atoms with Gasteiger partial charge in [-0.15, -0.1) is 0 Å². The van der Waals surface area contributed by atoms with Crippen LogP contribution in [0.3, 0.4) is 0 Å². The van der Waals surface area contributed by atoms with E-state index in [1.165, 1.54) is 0 Å². The molecule has 15 heavy (non-hydrogen) atoms. The van der Waals surface area contributed by atoms with Crippen LogP contribution in [-0.2, 0) is 9.53 Å². The minimum atomic E-state index is -0.463. The van der Waals surface area contributed by atoms with E-state index in [-0.39, 0.29) is 5.97 Å². The molecule has 1 aliphatic heterocycles. The minimum Gasteiger partial charge on any atom is -0.465 e. The summed E-state index contributed by atoms with van der Waals surface area (Å²) in [5, 5.41) is 3.68. The number of esters is 1. The van der Waals surface area contributed by atoms with Gasteiger partial charge in [0.2, 0.25) is 0 Å². The molecule has 0 aromatic heterocycles. The Bertz CT molecular complexity index is 233. The van der Waals surface area contributed by atoms with Crippen LogP contribution in [0, 0.1) is 0 Å². The van der Waals surface area contributed by atoms with Crippen molar-refractivity contribution in [3.63, 3.8) is 0 Å². The van der Waals surface area contributed by atoms with Gasteiger partial charge in [0.05, 0.1) is 6.61 Å². The fourth-order valence-electron chi connectivity index (χ4n) is 2.03. The molecule has 88 valence electrons. The molecule has 1 saturated heterocycles. The molecule has 2 atom stereocenters. The van der Waals surface area contributed by atoms with Crippen LogP contribution in [0.1, 0.15) is 34.1 Å². The molecule has 0 amide bonds.